The molecule has 2 aromatic carbocycles. The summed E-state index contributed by atoms with van der Waals surface area (Å²) in [6, 6.07) is 17.1. The normalized spacial score (nSPS) is 18.4. The van der Waals surface area contributed by atoms with Gasteiger partial charge in [0.15, 0.2) is 17.3 Å². The molecule has 0 radical (unpaired) electrons. The van der Waals surface area contributed by atoms with Gasteiger partial charge >= 0.3 is 0 Å². The third-order valence-corrected chi connectivity index (χ3v) is 6.96. The Hall–Kier alpha value is -3.13. The van der Waals surface area contributed by atoms with Gasteiger partial charge in [0.05, 0.1) is 26.3 Å². The monoisotopic (exact) mass is 448 g/mol. The maximum atomic E-state index is 5.63. The summed E-state index contributed by atoms with van der Waals surface area (Å²) in [5.41, 5.74) is 2.39. The van der Waals surface area contributed by atoms with Crippen LogP contribution in [0.25, 0.3) is 0 Å². The first-order chi connectivity index (χ1) is 16.3. The van der Waals surface area contributed by atoms with Gasteiger partial charge in [-0.05, 0) is 53.1 Å². The molecule has 0 amide bonds. The zero-order chi connectivity index (χ0) is 22.6. The third-order valence-electron chi connectivity index (χ3n) is 6.96. The topological polar surface area (TPSA) is 68.5 Å². The lowest BCUT2D eigenvalue weighted by Crippen LogP contribution is -2.48. The van der Waals surface area contributed by atoms with Crippen LogP contribution in [0.4, 0.5) is 5.69 Å². The molecule has 1 aromatic heterocycles. The number of methoxy groups -OCH3 is 2. The minimum Gasteiger partial charge on any atom is -0.493 e. The quantitative estimate of drug-likeness (QED) is 0.546. The first-order valence-corrected chi connectivity index (χ1v) is 11.8. The summed E-state index contributed by atoms with van der Waals surface area (Å²) in [7, 11) is 3.34. The first kappa shape index (κ1) is 21.7. The predicted molar refractivity (Wildman–Crippen MR) is 127 cm³/mol. The second kappa shape index (κ2) is 9.79. The van der Waals surface area contributed by atoms with Crippen molar-refractivity contribution in [2.45, 2.75) is 37.8 Å². The SMILES string of the molecule is COc1ccc(C(c2nnnn2C2CCCC2)N2CCN(c3ccccc3)CC2)cc1OC. The number of piperazine rings is 1. The Balaban J connectivity index is 1.47. The number of benzene rings is 2. The van der Waals surface area contributed by atoms with Gasteiger partial charge in [-0.3, -0.25) is 4.90 Å². The van der Waals surface area contributed by atoms with Crippen LogP contribution < -0.4 is 14.4 Å². The molecule has 1 aliphatic carbocycles. The molecule has 2 heterocycles. The lowest BCUT2D eigenvalue weighted by molar-refractivity contribution is 0.197. The molecule has 174 valence electrons. The van der Waals surface area contributed by atoms with Crippen LogP contribution in [0.15, 0.2) is 48.5 Å². The fourth-order valence-corrected chi connectivity index (χ4v) is 5.21. The van der Waals surface area contributed by atoms with Crippen LogP contribution in [0, 0.1) is 0 Å². The maximum absolute atomic E-state index is 5.63. The van der Waals surface area contributed by atoms with E-state index >= 15 is 0 Å². The van der Waals surface area contributed by atoms with Crippen LogP contribution >= 0.6 is 0 Å². The molecule has 1 saturated heterocycles. The fraction of sp³-hybridized carbons (Fsp3) is 0.480. The average molecular weight is 449 g/mol. The van der Waals surface area contributed by atoms with Crippen molar-refractivity contribution in [3.05, 3.63) is 59.9 Å². The number of ether oxygens (including phenoxy) is 2. The highest BCUT2D eigenvalue weighted by molar-refractivity contribution is 5.47. The predicted octanol–water partition coefficient (Wildman–Crippen LogP) is 3.72. The van der Waals surface area contributed by atoms with Crippen LogP contribution in [-0.2, 0) is 0 Å². The molecule has 8 heteroatoms. The molecular weight excluding hydrogens is 416 g/mol. The molecule has 33 heavy (non-hydrogen) atoms. The Morgan fingerprint density at radius 2 is 1.61 bits per heavy atom. The fourth-order valence-electron chi connectivity index (χ4n) is 5.21. The van der Waals surface area contributed by atoms with Crippen molar-refractivity contribution in [1.29, 1.82) is 0 Å². The summed E-state index contributed by atoms with van der Waals surface area (Å²) in [5.74, 6) is 2.37. The summed E-state index contributed by atoms with van der Waals surface area (Å²) < 4.78 is 13.2. The van der Waals surface area contributed by atoms with E-state index in [1.54, 1.807) is 14.2 Å². The zero-order valence-corrected chi connectivity index (χ0v) is 19.4. The average Bonchev–Trinajstić information content (AvgIpc) is 3.57. The Kier molecular flexibility index (Phi) is 6.44. The molecule has 0 N–H and O–H groups in total. The first-order valence-electron chi connectivity index (χ1n) is 11.8. The number of aromatic nitrogens is 4. The Bertz CT molecular complexity index is 1040. The van der Waals surface area contributed by atoms with E-state index in [4.69, 9.17) is 9.47 Å². The molecule has 1 saturated carbocycles. The summed E-state index contributed by atoms with van der Waals surface area (Å²) >= 11 is 0. The van der Waals surface area contributed by atoms with Gasteiger partial charge in [0.2, 0.25) is 0 Å². The number of rotatable bonds is 7. The van der Waals surface area contributed by atoms with E-state index in [2.05, 4.69) is 72.5 Å². The minimum absolute atomic E-state index is 0.0432. The molecule has 1 atom stereocenters. The van der Waals surface area contributed by atoms with Gasteiger partial charge in [-0.25, -0.2) is 4.68 Å². The largest absolute Gasteiger partial charge is 0.493 e. The van der Waals surface area contributed by atoms with Gasteiger partial charge in [-0.2, -0.15) is 0 Å². The van der Waals surface area contributed by atoms with Crippen molar-refractivity contribution >= 4 is 5.69 Å². The van der Waals surface area contributed by atoms with Gasteiger partial charge in [0.25, 0.3) is 0 Å². The van der Waals surface area contributed by atoms with E-state index < -0.39 is 0 Å². The van der Waals surface area contributed by atoms with E-state index in [-0.39, 0.29) is 6.04 Å². The van der Waals surface area contributed by atoms with Gasteiger partial charge < -0.3 is 14.4 Å². The van der Waals surface area contributed by atoms with E-state index in [0.717, 1.165) is 61.9 Å². The summed E-state index contributed by atoms with van der Waals surface area (Å²) in [6.07, 6.45) is 4.75. The number of anilines is 1. The number of nitrogens with zero attached hydrogens (tertiary/aromatic N) is 6. The zero-order valence-electron chi connectivity index (χ0n) is 19.4. The lowest BCUT2D eigenvalue weighted by Gasteiger charge is -2.40. The molecule has 3 aromatic rings. The summed E-state index contributed by atoms with van der Waals surface area (Å²) in [5, 5.41) is 13.1. The van der Waals surface area contributed by atoms with E-state index in [1.807, 2.05) is 6.07 Å². The number of hydrogen-bond acceptors (Lipinski definition) is 7. The summed E-state index contributed by atoms with van der Waals surface area (Å²) in [6.45, 7) is 3.76. The van der Waals surface area contributed by atoms with Gasteiger partial charge in [-0.15, -0.1) is 5.10 Å². The Labute approximate surface area is 195 Å². The number of hydrogen-bond donors (Lipinski definition) is 0. The van der Waals surface area contributed by atoms with Gasteiger partial charge in [0, 0.05) is 31.9 Å². The van der Waals surface area contributed by atoms with Crippen molar-refractivity contribution in [2.75, 3.05) is 45.3 Å². The lowest BCUT2D eigenvalue weighted by atomic mass is 10.0. The maximum Gasteiger partial charge on any atom is 0.173 e. The standard InChI is InChI=1S/C25H32N6O2/c1-32-22-13-12-19(18-23(22)33-2)24(25-26-27-28-31(25)21-10-6-7-11-21)30-16-14-29(15-17-30)20-8-4-3-5-9-20/h3-5,8-9,12-13,18,21,24H,6-7,10-11,14-17H2,1-2H3. The highest BCUT2D eigenvalue weighted by Crippen LogP contribution is 2.37. The van der Waals surface area contributed by atoms with Crippen molar-refractivity contribution in [3.8, 4) is 11.5 Å². The van der Waals surface area contributed by atoms with Crippen LogP contribution in [0.5, 0.6) is 11.5 Å². The number of para-hydroxylation sites is 1. The van der Waals surface area contributed by atoms with E-state index in [0.29, 0.717) is 6.04 Å². The molecule has 0 bridgehead atoms. The van der Waals surface area contributed by atoms with Crippen LogP contribution in [0.3, 0.4) is 0 Å². The Morgan fingerprint density at radius 3 is 2.30 bits per heavy atom. The van der Waals surface area contributed by atoms with Gasteiger partial charge in [-0.1, -0.05) is 37.1 Å². The summed E-state index contributed by atoms with van der Waals surface area (Å²) in [4.78, 5) is 4.94. The van der Waals surface area contributed by atoms with Crippen LogP contribution in [0.2, 0.25) is 0 Å². The molecule has 8 nitrogen and oxygen atoms in total. The molecule has 0 spiro atoms. The van der Waals surface area contributed by atoms with Crippen molar-refractivity contribution in [1.82, 2.24) is 25.1 Å². The minimum atomic E-state index is -0.0432. The molecule has 2 fully saturated rings. The Morgan fingerprint density at radius 1 is 0.879 bits per heavy atom. The van der Waals surface area contributed by atoms with Crippen LogP contribution in [-0.4, -0.2) is 65.5 Å². The van der Waals surface area contributed by atoms with E-state index in [9.17, 15) is 0 Å². The van der Waals surface area contributed by atoms with E-state index in [1.165, 1.54) is 18.5 Å². The molecule has 5 rings (SSSR count). The molecule has 1 aliphatic heterocycles. The smallest absolute Gasteiger partial charge is 0.173 e. The molecule has 2 aliphatic rings. The third kappa shape index (κ3) is 4.39. The second-order valence-electron chi connectivity index (χ2n) is 8.80. The molecular formula is C25H32N6O2. The van der Waals surface area contributed by atoms with Crippen molar-refractivity contribution < 1.29 is 9.47 Å². The van der Waals surface area contributed by atoms with Crippen molar-refractivity contribution in [3.63, 3.8) is 0 Å². The number of tetrazole rings is 1. The van der Waals surface area contributed by atoms with Crippen molar-refractivity contribution in [2.24, 2.45) is 0 Å². The van der Waals surface area contributed by atoms with Gasteiger partial charge in [0.1, 0.15) is 0 Å². The van der Waals surface area contributed by atoms with Crippen LogP contribution in [0.1, 0.15) is 49.2 Å². The molecule has 1 unspecified atom stereocenters. The second-order valence-corrected chi connectivity index (χ2v) is 8.80. The highest BCUT2D eigenvalue weighted by Gasteiger charge is 2.33. The highest BCUT2D eigenvalue weighted by atomic mass is 16.5.